The highest BCUT2D eigenvalue weighted by Gasteiger charge is 2.25. The standard InChI is InChI=1S/C18H18Cl2N2O3S/c1-26(24,25)15-6-7-17(20)16(12-15)18(23)22-10-8-21(9-11-22)14-4-2-13(19)3-5-14/h2-7,12H,8-11H2,1H3. The maximum atomic E-state index is 12.8. The second kappa shape index (κ2) is 7.47. The van der Waals surface area contributed by atoms with Crippen molar-refractivity contribution in [1.82, 2.24) is 4.90 Å². The van der Waals surface area contributed by atoms with Gasteiger partial charge in [-0.15, -0.1) is 0 Å². The van der Waals surface area contributed by atoms with Gasteiger partial charge in [0.15, 0.2) is 9.84 Å². The topological polar surface area (TPSA) is 57.7 Å². The molecule has 8 heteroatoms. The number of benzene rings is 2. The number of piperazine rings is 1. The molecule has 138 valence electrons. The number of halogens is 2. The summed E-state index contributed by atoms with van der Waals surface area (Å²) in [7, 11) is -3.40. The van der Waals surface area contributed by atoms with Gasteiger partial charge in [0.2, 0.25) is 0 Å². The summed E-state index contributed by atoms with van der Waals surface area (Å²) in [5, 5.41) is 0.936. The van der Waals surface area contributed by atoms with E-state index in [1.807, 2.05) is 24.3 Å². The number of hydrogen-bond donors (Lipinski definition) is 0. The molecule has 0 radical (unpaired) electrons. The number of carbonyl (C=O) groups is 1. The predicted octanol–water partition coefficient (Wildman–Crippen LogP) is 3.36. The molecule has 1 fully saturated rings. The molecule has 0 unspecified atom stereocenters. The number of rotatable bonds is 3. The Balaban J connectivity index is 1.73. The zero-order chi connectivity index (χ0) is 18.9. The van der Waals surface area contributed by atoms with Crippen LogP contribution in [-0.4, -0.2) is 51.7 Å². The third-order valence-electron chi connectivity index (χ3n) is 4.36. The van der Waals surface area contributed by atoms with Crippen LogP contribution in [0.25, 0.3) is 0 Å². The fraction of sp³-hybridized carbons (Fsp3) is 0.278. The van der Waals surface area contributed by atoms with Crippen LogP contribution in [0.4, 0.5) is 5.69 Å². The van der Waals surface area contributed by atoms with Crippen molar-refractivity contribution in [3.8, 4) is 0 Å². The van der Waals surface area contributed by atoms with Crippen LogP contribution in [0.15, 0.2) is 47.4 Å². The van der Waals surface area contributed by atoms with Crippen molar-refractivity contribution < 1.29 is 13.2 Å². The minimum atomic E-state index is -3.40. The first-order valence-corrected chi connectivity index (χ1v) is 10.7. The van der Waals surface area contributed by atoms with Crippen LogP contribution in [0.1, 0.15) is 10.4 Å². The van der Waals surface area contributed by atoms with Crippen LogP contribution in [0.2, 0.25) is 10.0 Å². The molecule has 0 atom stereocenters. The highest BCUT2D eigenvalue weighted by Crippen LogP contribution is 2.24. The van der Waals surface area contributed by atoms with Gasteiger partial charge in [0.05, 0.1) is 15.5 Å². The molecule has 0 N–H and O–H groups in total. The summed E-state index contributed by atoms with van der Waals surface area (Å²) in [5.41, 5.74) is 1.27. The normalized spacial score (nSPS) is 15.2. The molecule has 5 nitrogen and oxygen atoms in total. The van der Waals surface area contributed by atoms with E-state index in [1.165, 1.54) is 18.2 Å². The molecule has 26 heavy (non-hydrogen) atoms. The van der Waals surface area contributed by atoms with Crippen molar-refractivity contribution in [2.45, 2.75) is 4.90 Å². The van der Waals surface area contributed by atoms with Gasteiger partial charge < -0.3 is 9.80 Å². The average Bonchev–Trinajstić information content (AvgIpc) is 2.61. The molecule has 2 aromatic carbocycles. The molecule has 3 rings (SSSR count). The van der Waals surface area contributed by atoms with Crippen LogP contribution in [-0.2, 0) is 9.84 Å². The quantitative estimate of drug-likeness (QED) is 0.775. The number of amides is 1. The second-order valence-electron chi connectivity index (χ2n) is 6.17. The average molecular weight is 413 g/mol. The minimum absolute atomic E-state index is 0.0880. The van der Waals surface area contributed by atoms with Crippen LogP contribution in [0, 0.1) is 0 Å². The van der Waals surface area contributed by atoms with Crippen LogP contribution < -0.4 is 4.90 Å². The maximum absolute atomic E-state index is 12.8. The number of sulfone groups is 1. The smallest absolute Gasteiger partial charge is 0.255 e. The lowest BCUT2D eigenvalue weighted by molar-refractivity contribution is 0.0746. The van der Waals surface area contributed by atoms with Gasteiger partial charge >= 0.3 is 0 Å². The highest BCUT2D eigenvalue weighted by molar-refractivity contribution is 7.90. The Kier molecular flexibility index (Phi) is 5.46. The second-order valence-corrected chi connectivity index (χ2v) is 9.03. The van der Waals surface area contributed by atoms with E-state index in [1.54, 1.807) is 4.90 Å². The molecule has 0 spiro atoms. The van der Waals surface area contributed by atoms with E-state index in [0.717, 1.165) is 11.9 Å². The minimum Gasteiger partial charge on any atom is -0.368 e. The Morgan fingerprint density at radius 1 is 0.962 bits per heavy atom. The maximum Gasteiger partial charge on any atom is 0.255 e. The van der Waals surface area contributed by atoms with Gasteiger partial charge in [0.25, 0.3) is 5.91 Å². The van der Waals surface area contributed by atoms with E-state index < -0.39 is 9.84 Å². The first kappa shape index (κ1) is 19.0. The van der Waals surface area contributed by atoms with Gasteiger partial charge in [0, 0.05) is 43.1 Å². The van der Waals surface area contributed by atoms with Crippen molar-refractivity contribution in [3.63, 3.8) is 0 Å². The van der Waals surface area contributed by atoms with Crippen molar-refractivity contribution in [1.29, 1.82) is 0 Å². The molecule has 1 heterocycles. The molecule has 1 saturated heterocycles. The number of nitrogens with zero attached hydrogens (tertiary/aromatic N) is 2. The summed E-state index contributed by atoms with van der Waals surface area (Å²) < 4.78 is 23.5. The predicted molar refractivity (Wildman–Crippen MR) is 104 cm³/mol. The summed E-state index contributed by atoms with van der Waals surface area (Å²) in [6, 6.07) is 11.8. The first-order valence-electron chi connectivity index (χ1n) is 8.05. The van der Waals surface area contributed by atoms with Crippen LogP contribution in [0.5, 0.6) is 0 Å². The van der Waals surface area contributed by atoms with Gasteiger partial charge in [-0.2, -0.15) is 0 Å². The van der Waals surface area contributed by atoms with E-state index in [0.29, 0.717) is 31.2 Å². The van der Waals surface area contributed by atoms with Crippen molar-refractivity contribution in [3.05, 3.63) is 58.1 Å². The van der Waals surface area contributed by atoms with Crippen molar-refractivity contribution in [2.75, 3.05) is 37.3 Å². The monoisotopic (exact) mass is 412 g/mol. The third kappa shape index (κ3) is 4.14. The molecule has 1 amide bonds. The molecule has 1 aliphatic rings. The van der Waals surface area contributed by atoms with E-state index in [4.69, 9.17) is 23.2 Å². The fourth-order valence-corrected chi connectivity index (χ4v) is 3.86. The molecule has 0 aromatic heterocycles. The number of hydrogen-bond acceptors (Lipinski definition) is 4. The molecule has 0 saturated carbocycles. The molecular weight excluding hydrogens is 395 g/mol. The van der Waals surface area contributed by atoms with E-state index >= 15 is 0 Å². The van der Waals surface area contributed by atoms with Crippen molar-refractivity contribution in [2.24, 2.45) is 0 Å². The molecule has 1 aliphatic heterocycles. The zero-order valence-corrected chi connectivity index (χ0v) is 16.5. The Bertz CT molecular complexity index is 922. The summed E-state index contributed by atoms with van der Waals surface area (Å²) in [6.07, 6.45) is 1.11. The zero-order valence-electron chi connectivity index (χ0n) is 14.2. The van der Waals surface area contributed by atoms with E-state index in [2.05, 4.69) is 4.90 Å². The molecule has 2 aromatic rings. The Morgan fingerprint density at radius 2 is 1.58 bits per heavy atom. The summed E-state index contributed by atoms with van der Waals surface area (Å²) in [5.74, 6) is -0.253. The van der Waals surface area contributed by atoms with E-state index in [9.17, 15) is 13.2 Å². The van der Waals surface area contributed by atoms with Gasteiger partial charge in [-0.25, -0.2) is 8.42 Å². The Labute approximate surface area is 163 Å². The lowest BCUT2D eigenvalue weighted by atomic mass is 10.1. The lowest BCUT2D eigenvalue weighted by Crippen LogP contribution is -2.48. The van der Waals surface area contributed by atoms with Gasteiger partial charge in [0.1, 0.15) is 0 Å². The lowest BCUT2D eigenvalue weighted by Gasteiger charge is -2.36. The van der Waals surface area contributed by atoms with E-state index in [-0.39, 0.29) is 21.4 Å². The first-order chi connectivity index (χ1) is 12.3. The van der Waals surface area contributed by atoms with Gasteiger partial charge in [-0.1, -0.05) is 23.2 Å². The number of anilines is 1. The summed E-state index contributed by atoms with van der Waals surface area (Å²) in [6.45, 7) is 2.41. The van der Waals surface area contributed by atoms with Crippen molar-refractivity contribution >= 4 is 44.6 Å². The van der Waals surface area contributed by atoms with Crippen LogP contribution in [0.3, 0.4) is 0 Å². The largest absolute Gasteiger partial charge is 0.368 e. The summed E-state index contributed by atoms with van der Waals surface area (Å²) in [4.78, 5) is 16.8. The van der Waals surface area contributed by atoms with Gasteiger partial charge in [-0.3, -0.25) is 4.79 Å². The van der Waals surface area contributed by atoms with Gasteiger partial charge in [-0.05, 0) is 42.5 Å². The Hall–Kier alpha value is -1.76. The van der Waals surface area contributed by atoms with Crippen LogP contribution >= 0.6 is 23.2 Å². The third-order valence-corrected chi connectivity index (χ3v) is 6.05. The SMILES string of the molecule is CS(=O)(=O)c1ccc(Cl)c(C(=O)N2CCN(c3ccc(Cl)cc3)CC2)c1. The fourth-order valence-electron chi connectivity index (χ4n) is 2.89. The molecule has 0 bridgehead atoms. The highest BCUT2D eigenvalue weighted by atomic mass is 35.5. The molecule has 0 aliphatic carbocycles. The summed E-state index contributed by atoms with van der Waals surface area (Å²) >= 11 is 12.1. The Morgan fingerprint density at radius 3 is 2.15 bits per heavy atom. The molecular formula is C18H18Cl2N2O3S. The number of carbonyl (C=O) groups excluding carboxylic acids is 1.